The second-order valence-corrected chi connectivity index (χ2v) is 5.58. The van der Waals surface area contributed by atoms with Crippen LogP contribution >= 0.6 is 11.6 Å². The average Bonchev–Trinajstić information content (AvgIpc) is 2.95. The van der Waals surface area contributed by atoms with Gasteiger partial charge in [-0.2, -0.15) is 0 Å². The highest BCUT2D eigenvalue weighted by atomic mass is 35.5. The Kier molecular flexibility index (Phi) is 3.59. The topological polar surface area (TPSA) is 68.5 Å². The van der Waals surface area contributed by atoms with Gasteiger partial charge in [-0.3, -0.25) is 4.79 Å². The van der Waals surface area contributed by atoms with Crippen molar-refractivity contribution >= 4 is 34.1 Å². The number of halogens is 1. The van der Waals surface area contributed by atoms with E-state index in [0.717, 1.165) is 35.3 Å². The van der Waals surface area contributed by atoms with Crippen LogP contribution in [0.2, 0.25) is 5.15 Å². The number of benzene rings is 1. The lowest BCUT2D eigenvalue weighted by Gasteiger charge is -2.19. The van der Waals surface area contributed by atoms with Crippen LogP contribution in [0.25, 0.3) is 10.8 Å². The van der Waals surface area contributed by atoms with Crippen LogP contribution in [0, 0.1) is 5.92 Å². The number of fused-ring (bicyclic) bond motifs is 1. The van der Waals surface area contributed by atoms with Gasteiger partial charge in [0.15, 0.2) is 0 Å². The van der Waals surface area contributed by atoms with E-state index in [1.54, 1.807) is 7.11 Å². The Bertz CT molecular complexity index is 705. The quantitative estimate of drug-likeness (QED) is 0.883. The molecule has 0 bridgehead atoms. The first-order valence-corrected chi connectivity index (χ1v) is 7.15. The molecule has 1 atom stereocenters. The van der Waals surface area contributed by atoms with Crippen molar-refractivity contribution in [1.29, 1.82) is 0 Å². The van der Waals surface area contributed by atoms with Crippen LogP contribution < -0.4 is 15.4 Å². The van der Waals surface area contributed by atoms with E-state index in [2.05, 4.69) is 9.88 Å². The number of hydrogen-bond acceptors (Lipinski definition) is 4. The van der Waals surface area contributed by atoms with Crippen LogP contribution in [-0.4, -0.2) is 31.1 Å². The maximum absolute atomic E-state index is 11.3. The van der Waals surface area contributed by atoms with Crippen molar-refractivity contribution in [3.05, 3.63) is 29.4 Å². The highest BCUT2D eigenvalue weighted by molar-refractivity contribution is 6.30. The molecule has 1 aromatic heterocycles. The number of amides is 1. The van der Waals surface area contributed by atoms with E-state index in [1.807, 2.05) is 24.3 Å². The molecule has 3 rings (SSSR count). The number of pyridine rings is 1. The van der Waals surface area contributed by atoms with Crippen LogP contribution in [0.4, 0.5) is 5.82 Å². The Morgan fingerprint density at radius 2 is 2.29 bits per heavy atom. The van der Waals surface area contributed by atoms with Gasteiger partial charge < -0.3 is 15.4 Å². The zero-order chi connectivity index (χ0) is 15.0. The Morgan fingerprint density at radius 3 is 2.95 bits per heavy atom. The van der Waals surface area contributed by atoms with Gasteiger partial charge in [0.1, 0.15) is 16.7 Å². The minimum absolute atomic E-state index is 0.126. The third-order valence-corrected chi connectivity index (χ3v) is 4.07. The lowest BCUT2D eigenvalue weighted by atomic mass is 10.1. The van der Waals surface area contributed by atoms with Gasteiger partial charge in [-0.1, -0.05) is 11.6 Å². The Labute approximate surface area is 127 Å². The molecular weight excluding hydrogens is 290 g/mol. The summed E-state index contributed by atoms with van der Waals surface area (Å²) in [6.07, 6.45) is 0.751. The molecular formula is C15H16ClN3O2. The van der Waals surface area contributed by atoms with Crippen LogP contribution in [0.1, 0.15) is 6.42 Å². The van der Waals surface area contributed by atoms with Gasteiger partial charge in [-0.05, 0) is 36.1 Å². The molecule has 1 saturated heterocycles. The van der Waals surface area contributed by atoms with Crippen molar-refractivity contribution in [3.8, 4) is 5.75 Å². The third kappa shape index (κ3) is 2.61. The molecule has 1 amide bonds. The number of anilines is 1. The molecule has 5 nitrogen and oxygen atoms in total. The number of rotatable bonds is 3. The van der Waals surface area contributed by atoms with E-state index >= 15 is 0 Å². The second-order valence-electron chi connectivity index (χ2n) is 5.19. The van der Waals surface area contributed by atoms with Crippen LogP contribution in [0.15, 0.2) is 24.3 Å². The number of nitrogens with two attached hydrogens (primary N) is 1. The molecule has 6 heteroatoms. The van der Waals surface area contributed by atoms with Crippen LogP contribution in [0.3, 0.4) is 0 Å². The van der Waals surface area contributed by atoms with Crippen molar-refractivity contribution in [2.75, 3.05) is 25.1 Å². The summed E-state index contributed by atoms with van der Waals surface area (Å²) >= 11 is 6.13. The predicted octanol–water partition coefficient (Wildman–Crippen LogP) is 2.21. The smallest absolute Gasteiger partial charge is 0.222 e. The van der Waals surface area contributed by atoms with Gasteiger partial charge >= 0.3 is 0 Å². The van der Waals surface area contributed by atoms with Gasteiger partial charge in [-0.15, -0.1) is 0 Å². The number of carbonyl (C=O) groups is 1. The first-order chi connectivity index (χ1) is 10.1. The largest absolute Gasteiger partial charge is 0.497 e. The summed E-state index contributed by atoms with van der Waals surface area (Å²) in [7, 11) is 1.63. The number of ether oxygens (including phenoxy) is 1. The van der Waals surface area contributed by atoms with Crippen molar-refractivity contribution in [1.82, 2.24) is 4.98 Å². The van der Waals surface area contributed by atoms with E-state index < -0.39 is 0 Å². The maximum atomic E-state index is 11.3. The highest BCUT2D eigenvalue weighted by Crippen LogP contribution is 2.33. The monoisotopic (exact) mass is 305 g/mol. The van der Waals surface area contributed by atoms with E-state index in [4.69, 9.17) is 22.1 Å². The highest BCUT2D eigenvalue weighted by Gasteiger charge is 2.28. The fraction of sp³-hybridized carbons (Fsp3) is 0.333. The Hall–Kier alpha value is -2.01. The molecule has 0 aliphatic carbocycles. The third-order valence-electron chi connectivity index (χ3n) is 3.88. The SMILES string of the molecule is COc1ccc2c(N3CCC(C(N)=O)C3)nc(Cl)cc2c1. The summed E-state index contributed by atoms with van der Waals surface area (Å²) in [5.41, 5.74) is 5.39. The molecule has 1 unspecified atom stereocenters. The van der Waals surface area contributed by atoms with Crippen LogP contribution in [-0.2, 0) is 4.79 Å². The number of methoxy groups -OCH3 is 1. The molecule has 2 aromatic rings. The van der Waals surface area contributed by atoms with Gasteiger partial charge in [0.2, 0.25) is 5.91 Å². The minimum Gasteiger partial charge on any atom is -0.497 e. The van der Waals surface area contributed by atoms with Crippen molar-refractivity contribution < 1.29 is 9.53 Å². The summed E-state index contributed by atoms with van der Waals surface area (Å²) in [5.74, 6) is 1.18. The molecule has 1 aliphatic heterocycles. The normalized spacial score (nSPS) is 18.2. The summed E-state index contributed by atoms with van der Waals surface area (Å²) < 4.78 is 5.24. The minimum atomic E-state index is -0.259. The molecule has 0 radical (unpaired) electrons. The molecule has 1 fully saturated rings. The summed E-state index contributed by atoms with van der Waals surface area (Å²) in [5, 5.41) is 2.38. The van der Waals surface area contributed by atoms with Crippen molar-refractivity contribution in [2.45, 2.75) is 6.42 Å². The summed E-state index contributed by atoms with van der Waals surface area (Å²) in [6, 6.07) is 7.59. The van der Waals surface area contributed by atoms with Gasteiger partial charge in [0.05, 0.1) is 13.0 Å². The molecule has 2 N–H and O–H groups in total. The van der Waals surface area contributed by atoms with Gasteiger partial charge in [0.25, 0.3) is 0 Å². The number of carbonyl (C=O) groups excluding carboxylic acids is 1. The number of primary amides is 1. The zero-order valence-corrected chi connectivity index (χ0v) is 12.4. The Balaban J connectivity index is 2.04. The van der Waals surface area contributed by atoms with E-state index in [0.29, 0.717) is 11.7 Å². The van der Waals surface area contributed by atoms with E-state index in [9.17, 15) is 4.79 Å². The number of nitrogens with zero attached hydrogens (tertiary/aromatic N) is 2. The molecule has 21 heavy (non-hydrogen) atoms. The van der Waals surface area contributed by atoms with Crippen molar-refractivity contribution in [3.63, 3.8) is 0 Å². The number of aromatic nitrogens is 1. The summed E-state index contributed by atoms with van der Waals surface area (Å²) in [4.78, 5) is 17.8. The van der Waals surface area contributed by atoms with Crippen LogP contribution in [0.5, 0.6) is 5.75 Å². The lowest BCUT2D eigenvalue weighted by molar-refractivity contribution is -0.121. The Morgan fingerprint density at radius 1 is 1.48 bits per heavy atom. The number of hydrogen-bond donors (Lipinski definition) is 1. The lowest BCUT2D eigenvalue weighted by Crippen LogP contribution is -2.27. The first-order valence-electron chi connectivity index (χ1n) is 6.77. The molecule has 2 heterocycles. The van der Waals surface area contributed by atoms with Gasteiger partial charge in [0, 0.05) is 18.5 Å². The van der Waals surface area contributed by atoms with Crippen molar-refractivity contribution in [2.24, 2.45) is 11.7 Å². The molecule has 1 aliphatic rings. The zero-order valence-electron chi connectivity index (χ0n) is 11.7. The molecule has 0 spiro atoms. The standard InChI is InChI=1S/C15H16ClN3O2/c1-21-11-2-3-12-10(6-11)7-13(16)18-15(12)19-5-4-9(8-19)14(17)20/h2-3,6-7,9H,4-5,8H2,1H3,(H2,17,20). The van der Waals surface area contributed by atoms with E-state index in [-0.39, 0.29) is 11.8 Å². The predicted molar refractivity (Wildman–Crippen MR) is 82.8 cm³/mol. The fourth-order valence-corrected chi connectivity index (χ4v) is 2.94. The summed E-state index contributed by atoms with van der Waals surface area (Å²) in [6.45, 7) is 1.34. The molecule has 0 saturated carbocycles. The molecule has 1 aromatic carbocycles. The average molecular weight is 306 g/mol. The fourth-order valence-electron chi connectivity index (χ4n) is 2.74. The first kappa shape index (κ1) is 13.9. The molecule has 110 valence electrons. The second kappa shape index (κ2) is 5.41. The van der Waals surface area contributed by atoms with E-state index in [1.165, 1.54) is 0 Å². The maximum Gasteiger partial charge on any atom is 0.222 e. The van der Waals surface area contributed by atoms with Gasteiger partial charge in [-0.25, -0.2) is 4.98 Å².